The number of hydrogen-bond acceptors (Lipinski definition) is 8. The summed E-state index contributed by atoms with van der Waals surface area (Å²) in [4.78, 5) is 28.2. The number of rotatable bonds is 10. The molecule has 0 unspecified atom stereocenters. The Morgan fingerprint density at radius 1 is 0.865 bits per heavy atom. The summed E-state index contributed by atoms with van der Waals surface area (Å²) >= 11 is 1.31. The molecule has 1 aromatic heterocycles. The van der Waals surface area contributed by atoms with Gasteiger partial charge in [0.15, 0.2) is 0 Å². The van der Waals surface area contributed by atoms with Crippen LogP contribution in [0.25, 0.3) is 22.5 Å². The van der Waals surface area contributed by atoms with Gasteiger partial charge in [0.2, 0.25) is 11.1 Å². The highest BCUT2D eigenvalue weighted by molar-refractivity contribution is 7.99. The smallest absolute Gasteiger partial charge is 0.335 e. The van der Waals surface area contributed by atoms with E-state index in [4.69, 9.17) is 19.6 Å². The molecule has 188 valence electrons. The van der Waals surface area contributed by atoms with Gasteiger partial charge in [-0.1, -0.05) is 17.8 Å². The van der Waals surface area contributed by atoms with Crippen LogP contribution in [-0.4, -0.2) is 52.1 Å². The minimum Gasteiger partial charge on any atom is -0.497 e. The van der Waals surface area contributed by atoms with Crippen LogP contribution in [0.3, 0.4) is 0 Å². The van der Waals surface area contributed by atoms with Crippen molar-refractivity contribution in [2.75, 3.05) is 25.3 Å². The van der Waals surface area contributed by atoms with E-state index < -0.39 is 5.97 Å². The maximum Gasteiger partial charge on any atom is 0.335 e. The molecule has 0 fully saturated rings. The van der Waals surface area contributed by atoms with E-state index in [1.807, 2.05) is 48.5 Å². The lowest BCUT2D eigenvalue weighted by atomic mass is 10.0. The summed E-state index contributed by atoms with van der Waals surface area (Å²) < 4.78 is 10.5. The van der Waals surface area contributed by atoms with Gasteiger partial charge in [0.05, 0.1) is 19.8 Å². The Morgan fingerprint density at radius 3 is 2.08 bits per heavy atom. The zero-order valence-corrected chi connectivity index (χ0v) is 21.0. The number of anilines is 1. The van der Waals surface area contributed by atoms with E-state index >= 15 is 0 Å². The number of carbonyl (C=O) groups excluding carboxylic acids is 1. The van der Waals surface area contributed by atoms with Crippen LogP contribution in [0.15, 0.2) is 78.0 Å². The van der Waals surface area contributed by atoms with Gasteiger partial charge in [-0.05, 0) is 66.7 Å². The number of nitrogens with one attached hydrogen (secondary N) is 1. The lowest BCUT2D eigenvalue weighted by Crippen LogP contribution is -2.13. The predicted molar refractivity (Wildman–Crippen MR) is 141 cm³/mol. The maximum atomic E-state index is 12.4. The number of methoxy groups -OCH3 is 2. The monoisotopic (exact) mass is 516 g/mol. The number of aromatic carboxylic acids is 1. The van der Waals surface area contributed by atoms with Gasteiger partial charge in [0.25, 0.3) is 0 Å². The first-order chi connectivity index (χ1) is 18.0. The lowest BCUT2D eigenvalue weighted by molar-refractivity contribution is -0.115. The molecule has 1 amide bonds. The zero-order valence-electron chi connectivity index (χ0n) is 20.2. The van der Waals surface area contributed by atoms with Crippen LogP contribution < -0.4 is 14.8 Å². The molecular formula is C27H24N4O5S. The van der Waals surface area contributed by atoms with E-state index in [1.165, 1.54) is 23.9 Å². The maximum absolute atomic E-state index is 12.4. The second kappa shape index (κ2) is 12.0. The topological polar surface area (TPSA) is 124 Å². The first-order valence-electron chi connectivity index (χ1n) is 11.3. The molecule has 1 heterocycles. The molecule has 0 aliphatic heterocycles. The van der Waals surface area contributed by atoms with Gasteiger partial charge in [-0.15, -0.1) is 10.2 Å². The van der Waals surface area contributed by atoms with Crippen molar-refractivity contribution in [1.29, 1.82) is 0 Å². The molecule has 0 saturated carbocycles. The molecule has 0 radical (unpaired) electrons. The van der Waals surface area contributed by atoms with Gasteiger partial charge in [-0.25, -0.2) is 9.78 Å². The number of carbonyl (C=O) groups is 2. The third-order valence-electron chi connectivity index (χ3n) is 5.35. The number of aromatic nitrogens is 3. The summed E-state index contributed by atoms with van der Waals surface area (Å²) in [5.74, 6) is 0.577. The molecule has 4 rings (SSSR count). The molecular weight excluding hydrogens is 492 g/mol. The Morgan fingerprint density at radius 2 is 1.49 bits per heavy atom. The summed E-state index contributed by atoms with van der Waals surface area (Å²) in [5, 5.41) is 21.0. The zero-order chi connectivity index (χ0) is 26.2. The third-order valence-corrected chi connectivity index (χ3v) is 6.19. The van der Waals surface area contributed by atoms with Crippen molar-refractivity contribution in [2.24, 2.45) is 0 Å². The minimum atomic E-state index is -1.05. The van der Waals surface area contributed by atoms with Crippen LogP contribution in [0.4, 0.5) is 5.69 Å². The molecule has 0 aliphatic carbocycles. The summed E-state index contributed by atoms with van der Waals surface area (Å²) in [6.07, 6.45) is 0.184. The van der Waals surface area contributed by atoms with E-state index in [2.05, 4.69) is 15.5 Å². The highest BCUT2D eigenvalue weighted by Crippen LogP contribution is 2.32. The summed E-state index contributed by atoms with van der Waals surface area (Å²) in [6.45, 7) is 0. The van der Waals surface area contributed by atoms with Crippen molar-refractivity contribution in [1.82, 2.24) is 15.2 Å². The molecule has 9 nitrogen and oxygen atoms in total. The number of amides is 1. The molecule has 10 heteroatoms. The van der Waals surface area contributed by atoms with E-state index in [1.54, 1.807) is 26.4 Å². The number of hydrogen-bond donors (Lipinski definition) is 2. The van der Waals surface area contributed by atoms with Crippen molar-refractivity contribution in [3.05, 3.63) is 78.4 Å². The third kappa shape index (κ3) is 6.62. The Balaban J connectivity index is 1.50. The highest BCUT2D eigenvalue weighted by atomic mass is 32.2. The van der Waals surface area contributed by atoms with Crippen molar-refractivity contribution in [3.8, 4) is 34.0 Å². The van der Waals surface area contributed by atoms with Crippen molar-refractivity contribution in [3.63, 3.8) is 0 Å². The normalized spacial score (nSPS) is 10.5. The van der Waals surface area contributed by atoms with Gasteiger partial charge in [0, 0.05) is 29.0 Å². The second-order valence-corrected chi connectivity index (χ2v) is 8.84. The molecule has 0 atom stereocenters. The van der Waals surface area contributed by atoms with E-state index in [-0.39, 0.29) is 17.9 Å². The Labute approximate surface area is 217 Å². The fraction of sp³-hybridized carbons (Fsp3) is 0.148. The minimum absolute atomic E-state index is 0.106. The summed E-state index contributed by atoms with van der Waals surface area (Å²) in [7, 11) is 3.22. The summed E-state index contributed by atoms with van der Waals surface area (Å²) in [6, 6.07) is 21.1. The van der Waals surface area contributed by atoms with Crippen LogP contribution >= 0.6 is 11.8 Å². The Bertz CT molecular complexity index is 1400. The van der Waals surface area contributed by atoms with Crippen molar-refractivity contribution < 1.29 is 24.2 Å². The number of thioether (sulfide) groups is 1. The molecule has 3 aromatic carbocycles. The van der Waals surface area contributed by atoms with Crippen LogP contribution in [0.2, 0.25) is 0 Å². The number of carboxylic acids is 1. The van der Waals surface area contributed by atoms with Gasteiger partial charge >= 0.3 is 5.97 Å². The molecule has 0 aliphatic rings. The van der Waals surface area contributed by atoms with E-state index in [0.717, 1.165) is 22.6 Å². The van der Waals surface area contributed by atoms with Gasteiger partial charge in [0.1, 0.15) is 22.9 Å². The first kappa shape index (κ1) is 25.6. The standard InChI is InChI=1S/C27H24N4O5S/c1-35-21-10-6-17(7-11-21)24-25(18-8-12-22(36-2)13-9-18)30-31-27(29-24)37-15-14-23(32)28-20-5-3-4-19(16-20)26(33)34/h3-13,16H,14-15H2,1-2H3,(H,28,32)(H,33,34). The number of nitrogens with zero attached hydrogens (tertiary/aromatic N) is 3. The van der Waals surface area contributed by atoms with Crippen LogP contribution in [0.5, 0.6) is 11.5 Å². The number of carboxylic acid groups (broad SMARTS) is 1. The predicted octanol–water partition coefficient (Wildman–Crippen LogP) is 5.04. The molecule has 0 bridgehead atoms. The molecule has 37 heavy (non-hydrogen) atoms. The largest absolute Gasteiger partial charge is 0.497 e. The quantitative estimate of drug-likeness (QED) is 0.279. The number of ether oxygens (including phenoxy) is 2. The molecule has 0 saturated heterocycles. The Hall–Kier alpha value is -4.44. The van der Waals surface area contributed by atoms with Crippen LogP contribution in [0.1, 0.15) is 16.8 Å². The highest BCUT2D eigenvalue weighted by Gasteiger charge is 2.15. The summed E-state index contributed by atoms with van der Waals surface area (Å²) in [5.41, 5.74) is 3.49. The molecule has 2 N–H and O–H groups in total. The van der Waals surface area contributed by atoms with Gasteiger partial charge in [-0.2, -0.15) is 0 Å². The fourth-order valence-corrected chi connectivity index (χ4v) is 4.18. The van der Waals surface area contributed by atoms with Crippen LogP contribution in [0, 0.1) is 0 Å². The van der Waals surface area contributed by atoms with Crippen LogP contribution in [-0.2, 0) is 4.79 Å². The number of benzene rings is 3. The van der Waals surface area contributed by atoms with E-state index in [0.29, 0.717) is 28.0 Å². The molecule has 0 spiro atoms. The van der Waals surface area contributed by atoms with Gasteiger partial charge < -0.3 is 19.9 Å². The lowest BCUT2D eigenvalue weighted by Gasteiger charge is -2.11. The van der Waals surface area contributed by atoms with Gasteiger partial charge in [-0.3, -0.25) is 4.79 Å². The average Bonchev–Trinajstić information content (AvgIpc) is 2.93. The second-order valence-electron chi connectivity index (χ2n) is 7.78. The fourth-order valence-electron chi connectivity index (χ4n) is 3.45. The van der Waals surface area contributed by atoms with Crippen molar-refractivity contribution >= 4 is 29.3 Å². The first-order valence-corrected chi connectivity index (χ1v) is 12.2. The van der Waals surface area contributed by atoms with Crippen molar-refractivity contribution in [2.45, 2.75) is 11.6 Å². The average molecular weight is 517 g/mol. The van der Waals surface area contributed by atoms with E-state index in [9.17, 15) is 9.59 Å². The SMILES string of the molecule is COc1ccc(-c2nnc(SCCC(=O)Nc3cccc(C(=O)O)c3)nc2-c2ccc(OC)cc2)cc1. The molecule has 4 aromatic rings. The Kier molecular flexibility index (Phi) is 8.32.